The third-order valence-corrected chi connectivity index (χ3v) is 3.04. The monoisotopic (exact) mass is 277 g/mol. The van der Waals surface area contributed by atoms with Crippen molar-refractivity contribution in [3.63, 3.8) is 0 Å². The van der Waals surface area contributed by atoms with Gasteiger partial charge in [-0.05, 0) is 19.8 Å². The van der Waals surface area contributed by atoms with Crippen LogP contribution < -0.4 is 4.90 Å². The smallest absolute Gasteiger partial charge is 0.408 e. The van der Waals surface area contributed by atoms with E-state index in [9.17, 15) is 18.0 Å². The van der Waals surface area contributed by atoms with E-state index in [0.29, 0.717) is 25.1 Å². The van der Waals surface area contributed by atoms with E-state index in [4.69, 9.17) is 5.11 Å². The van der Waals surface area contributed by atoms with Crippen molar-refractivity contribution in [1.82, 2.24) is 9.78 Å². The fourth-order valence-corrected chi connectivity index (χ4v) is 2.35. The van der Waals surface area contributed by atoms with Gasteiger partial charge in [0.2, 0.25) is 0 Å². The van der Waals surface area contributed by atoms with Crippen molar-refractivity contribution in [1.29, 1.82) is 0 Å². The van der Waals surface area contributed by atoms with Crippen LogP contribution in [-0.2, 0) is 11.3 Å². The minimum Gasteiger partial charge on any atom is -0.480 e. The van der Waals surface area contributed by atoms with Crippen LogP contribution in [0.3, 0.4) is 0 Å². The van der Waals surface area contributed by atoms with E-state index in [-0.39, 0.29) is 5.82 Å². The fraction of sp³-hybridized carbons (Fsp3) is 0.636. The molecule has 1 aromatic heterocycles. The molecule has 2 heterocycles. The molecule has 1 saturated heterocycles. The maximum Gasteiger partial charge on any atom is 0.408 e. The topological polar surface area (TPSA) is 58.4 Å². The number of anilines is 1. The van der Waals surface area contributed by atoms with Gasteiger partial charge in [0.05, 0.1) is 5.69 Å². The molecule has 106 valence electrons. The summed E-state index contributed by atoms with van der Waals surface area (Å²) in [6.07, 6.45) is -3.30. The Morgan fingerprint density at radius 1 is 1.58 bits per heavy atom. The first kappa shape index (κ1) is 13.7. The van der Waals surface area contributed by atoms with Crippen molar-refractivity contribution in [3.05, 3.63) is 11.8 Å². The van der Waals surface area contributed by atoms with Gasteiger partial charge in [-0.15, -0.1) is 0 Å². The molecule has 1 N–H and O–H groups in total. The van der Waals surface area contributed by atoms with Gasteiger partial charge in [0.25, 0.3) is 0 Å². The lowest BCUT2D eigenvalue weighted by molar-refractivity contribution is -0.142. The first-order valence-corrected chi connectivity index (χ1v) is 5.88. The highest BCUT2D eigenvalue weighted by Gasteiger charge is 2.35. The third-order valence-electron chi connectivity index (χ3n) is 3.04. The second-order valence-electron chi connectivity index (χ2n) is 4.61. The van der Waals surface area contributed by atoms with E-state index in [1.165, 1.54) is 11.0 Å². The number of carboxylic acids is 1. The summed E-state index contributed by atoms with van der Waals surface area (Å²) in [6.45, 7) is 0.807. The quantitative estimate of drug-likeness (QED) is 0.915. The van der Waals surface area contributed by atoms with Gasteiger partial charge in [-0.3, -0.25) is 0 Å². The number of halogens is 3. The lowest BCUT2D eigenvalue weighted by Crippen LogP contribution is -2.38. The molecule has 0 aromatic carbocycles. The first-order valence-electron chi connectivity index (χ1n) is 5.88. The molecule has 0 bridgehead atoms. The summed E-state index contributed by atoms with van der Waals surface area (Å²) in [7, 11) is 0. The van der Waals surface area contributed by atoms with Gasteiger partial charge in [0.15, 0.2) is 0 Å². The summed E-state index contributed by atoms with van der Waals surface area (Å²) in [4.78, 5) is 12.6. The number of hydrogen-bond acceptors (Lipinski definition) is 3. The number of carbonyl (C=O) groups is 1. The summed E-state index contributed by atoms with van der Waals surface area (Å²) in [5, 5.41) is 12.9. The molecule has 5 nitrogen and oxygen atoms in total. The van der Waals surface area contributed by atoms with Gasteiger partial charge in [0.1, 0.15) is 18.4 Å². The van der Waals surface area contributed by atoms with Crippen molar-refractivity contribution in [3.8, 4) is 0 Å². The maximum absolute atomic E-state index is 12.5. The van der Waals surface area contributed by atoms with E-state index in [1.807, 2.05) is 0 Å². The lowest BCUT2D eigenvalue weighted by atomic mass is 10.2. The number of aromatic nitrogens is 2. The Kier molecular flexibility index (Phi) is 3.42. The zero-order valence-electron chi connectivity index (χ0n) is 10.3. The molecule has 1 aliphatic rings. The number of aryl methyl sites for hydroxylation is 1. The Morgan fingerprint density at radius 3 is 2.84 bits per heavy atom. The number of nitrogens with zero attached hydrogens (tertiary/aromatic N) is 3. The van der Waals surface area contributed by atoms with Crippen LogP contribution in [0.4, 0.5) is 19.0 Å². The normalized spacial score (nSPS) is 20.0. The van der Waals surface area contributed by atoms with Gasteiger partial charge in [-0.25, -0.2) is 9.48 Å². The first-order chi connectivity index (χ1) is 8.78. The van der Waals surface area contributed by atoms with E-state index in [2.05, 4.69) is 5.10 Å². The number of alkyl halides is 3. The van der Waals surface area contributed by atoms with Crippen LogP contribution in [0.15, 0.2) is 6.07 Å². The number of aliphatic carboxylic acids is 1. The highest BCUT2D eigenvalue weighted by atomic mass is 19.4. The summed E-state index contributed by atoms with van der Waals surface area (Å²) < 4.78 is 38.3. The van der Waals surface area contributed by atoms with Gasteiger partial charge in [-0.1, -0.05) is 0 Å². The zero-order valence-corrected chi connectivity index (χ0v) is 10.3. The molecule has 0 saturated carbocycles. The summed E-state index contributed by atoms with van der Waals surface area (Å²) in [6, 6.07) is 0.718. The molecule has 1 fully saturated rings. The summed E-state index contributed by atoms with van der Waals surface area (Å²) in [5.74, 6) is -0.797. The second kappa shape index (κ2) is 4.75. The number of rotatable bonds is 3. The van der Waals surface area contributed by atoms with Crippen molar-refractivity contribution < 1.29 is 23.1 Å². The Hall–Kier alpha value is -1.73. The van der Waals surface area contributed by atoms with Crippen molar-refractivity contribution in [2.75, 3.05) is 11.4 Å². The lowest BCUT2D eigenvalue weighted by Gasteiger charge is -2.24. The molecule has 19 heavy (non-hydrogen) atoms. The van der Waals surface area contributed by atoms with Crippen LogP contribution in [0.25, 0.3) is 0 Å². The zero-order chi connectivity index (χ0) is 14.2. The number of carboxylic acid groups (broad SMARTS) is 1. The van der Waals surface area contributed by atoms with Crippen LogP contribution >= 0.6 is 0 Å². The van der Waals surface area contributed by atoms with E-state index in [1.54, 1.807) is 6.92 Å². The largest absolute Gasteiger partial charge is 0.480 e. The minimum absolute atomic E-state index is 0.222. The average Bonchev–Trinajstić information content (AvgIpc) is 2.81. The molecular weight excluding hydrogens is 263 g/mol. The highest BCUT2D eigenvalue weighted by Crippen LogP contribution is 2.28. The van der Waals surface area contributed by atoms with Gasteiger partial charge < -0.3 is 10.0 Å². The average molecular weight is 277 g/mol. The van der Waals surface area contributed by atoms with Crippen molar-refractivity contribution in [2.24, 2.45) is 0 Å². The Labute approximate surface area is 107 Å². The Morgan fingerprint density at radius 2 is 2.26 bits per heavy atom. The van der Waals surface area contributed by atoms with Crippen molar-refractivity contribution in [2.45, 2.75) is 38.5 Å². The predicted molar refractivity (Wildman–Crippen MR) is 61.0 cm³/mol. The maximum atomic E-state index is 12.5. The van der Waals surface area contributed by atoms with E-state index < -0.39 is 24.7 Å². The minimum atomic E-state index is -4.38. The van der Waals surface area contributed by atoms with E-state index >= 15 is 0 Å². The van der Waals surface area contributed by atoms with Crippen LogP contribution in [0.5, 0.6) is 0 Å². The SMILES string of the molecule is Cc1cc(N2CCCC2C(=O)O)n(CC(F)(F)F)n1. The third kappa shape index (κ3) is 2.99. The molecular formula is C11H14F3N3O2. The molecule has 0 radical (unpaired) electrons. The van der Waals surface area contributed by atoms with Gasteiger partial charge in [0, 0.05) is 12.6 Å². The van der Waals surface area contributed by atoms with Gasteiger partial charge in [-0.2, -0.15) is 18.3 Å². The molecule has 8 heteroatoms. The molecule has 1 atom stereocenters. The second-order valence-corrected chi connectivity index (χ2v) is 4.61. The molecule has 0 aliphatic carbocycles. The number of hydrogen-bond donors (Lipinski definition) is 1. The van der Waals surface area contributed by atoms with Crippen LogP contribution in [0, 0.1) is 6.92 Å². The molecule has 0 amide bonds. The molecule has 1 aromatic rings. The molecule has 0 spiro atoms. The van der Waals surface area contributed by atoms with Crippen LogP contribution in [0.1, 0.15) is 18.5 Å². The summed E-state index contributed by atoms with van der Waals surface area (Å²) in [5.41, 5.74) is 0.440. The Bertz CT molecular complexity index is 484. The molecule has 1 unspecified atom stereocenters. The molecule has 2 rings (SSSR count). The van der Waals surface area contributed by atoms with E-state index in [0.717, 1.165) is 4.68 Å². The molecule has 1 aliphatic heterocycles. The Balaban J connectivity index is 2.31. The predicted octanol–water partition coefficient (Wildman–Crippen LogP) is 1.81. The van der Waals surface area contributed by atoms with Gasteiger partial charge >= 0.3 is 12.1 Å². The van der Waals surface area contributed by atoms with Crippen LogP contribution in [-0.4, -0.2) is 39.6 Å². The van der Waals surface area contributed by atoms with Crippen LogP contribution in [0.2, 0.25) is 0 Å². The summed E-state index contributed by atoms with van der Waals surface area (Å²) >= 11 is 0. The standard InChI is InChI=1S/C11H14F3N3O2/c1-7-5-9(17(15-7)6-11(12,13)14)16-4-2-3-8(16)10(18)19/h5,8H,2-4,6H2,1H3,(H,18,19). The fourth-order valence-electron chi connectivity index (χ4n) is 2.35. The highest BCUT2D eigenvalue weighted by molar-refractivity contribution is 5.78. The van der Waals surface area contributed by atoms with Crippen molar-refractivity contribution >= 4 is 11.8 Å².